The van der Waals surface area contributed by atoms with Crippen LogP contribution in [0.5, 0.6) is 0 Å². The summed E-state index contributed by atoms with van der Waals surface area (Å²) in [4.78, 5) is 24.9. The molecule has 6 atom stereocenters. The third-order valence-corrected chi connectivity index (χ3v) is 9.84. The number of ether oxygens (including phenoxy) is 2. The molecule has 0 aromatic heterocycles. The lowest BCUT2D eigenvalue weighted by Crippen LogP contribution is -2.37. The number of carbonyl (C=O) groups excluding carboxylic acids is 2. The van der Waals surface area contributed by atoms with Crippen molar-refractivity contribution in [3.05, 3.63) is 73.4 Å². The van der Waals surface area contributed by atoms with Crippen molar-refractivity contribution < 1.29 is 19.1 Å². The van der Waals surface area contributed by atoms with Gasteiger partial charge in [0.05, 0.1) is 12.8 Å². The Morgan fingerprint density at radius 1 is 0.769 bits per heavy atom. The highest BCUT2D eigenvalue weighted by molar-refractivity contribution is 5.77. The van der Waals surface area contributed by atoms with Crippen LogP contribution in [0.2, 0.25) is 0 Å². The maximum absolute atomic E-state index is 12.5. The highest BCUT2D eigenvalue weighted by Crippen LogP contribution is 2.52. The molecule has 2 aliphatic rings. The second-order valence-electron chi connectivity index (χ2n) is 12.8. The Balaban J connectivity index is 1.84. The van der Waals surface area contributed by atoms with Gasteiger partial charge in [0.25, 0.3) is 0 Å². The smallest absolute Gasteiger partial charge is 0.306 e. The largest absolute Gasteiger partial charge is 0.461 e. The lowest BCUT2D eigenvalue weighted by Gasteiger charge is -2.46. The number of hydrogen-bond donors (Lipinski definition) is 0. The van der Waals surface area contributed by atoms with Crippen molar-refractivity contribution >= 4 is 11.9 Å². The summed E-state index contributed by atoms with van der Waals surface area (Å²) in [5, 5.41) is 0. The Labute approximate surface area is 238 Å². The maximum atomic E-state index is 12.5. The first kappa shape index (κ1) is 32.6. The minimum Gasteiger partial charge on any atom is -0.461 e. The van der Waals surface area contributed by atoms with E-state index in [0.29, 0.717) is 11.8 Å². The molecular weight excluding hydrogens is 484 g/mol. The Hall–Kier alpha value is -2.62. The molecular formula is C35H52O4. The zero-order valence-corrected chi connectivity index (χ0v) is 25.3. The molecule has 0 unspecified atom stereocenters. The van der Waals surface area contributed by atoms with Crippen LogP contribution in [0, 0.1) is 34.5 Å². The van der Waals surface area contributed by atoms with E-state index in [1.54, 1.807) is 0 Å². The number of carbonyl (C=O) groups is 2. The van der Waals surface area contributed by atoms with Gasteiger partial charge in [0.2, 0.25) is 0 Å². The summed E-state index contributed by atoms with van der Waals surface area (Å²) in [6.45, 7) is 36.1. The van der Waals surface area contributed by atoms with E-state index >= 15 is 0 Å². The molecule has 2 fully saturated rings. The minimum atomic E-state index is -0.425. The van der Waals surface area contributed by atoms with Crippen LogP contribution >= 0.6 is 0 Å². The van der Waals surface area contributed by atoms with Crippen LogP contribution in [-0.4, -0.2) is 25.2 Å². The van der Waals surface area contributed by atoms with Gasteiger partial charge in [-0.15, -0.1) is 6.58 Å². The predicted molar refractivity (Wildman–Crippen MR) is 162 cm³/mol. The number of allylic oxidation sites excluding steroid dienone is 4. The van der Waals surface area contributed by atoms with Crippen LogP contribution in [0.25, 0.3) is 0 Å². The predicted octanol–water partition coefficient (Wildman–Crippen LogP) is 8.72. The fourth-order valence-corrected chi connectivity index (χ4v) is 6.44. The quantitative estimate of drug-likeness (QED) is 0.174. The summed E-state index contributed by atoms with van der Waals surface area (Å²) in [7, 11) is 0. The molecule has 0 aromatic carbocycles. The van der Waals surface area contributed by atoms with E-state index < -0.39 is 11.9 Å². The maximum Gasteiger partial charge on any atom is 0.306 e. The SMILES string of the molecule is C=C[C@]1(C)CC[C@@H](C(=C)C)C[C@H]1C(=C)COC(=O)CCC(=O)OCC(=C)[C@@H]1C[C@H](C(=C)C)CC[C@@]1(C)C(=C)C. The van der Waals surface area contributed by atoms with Gasteiger partial charge in [-0.1, -0.05) is 69.5 Å². The molecule has 216 valence electrons. The van der Waals surface area contributed by atoms with Gasteiger partial charge in [0.15, 0.2) is 0 Å². The summed E-state index contributed by atoms with van der Waals surface area (Å²) < 4.78 is 11.0. The molecule has 0 heterocycles. The molecule has 0 radical (unpaired) electrons. The average molecular weight is 537 g/mol. The van der Waals surface area contributed by atoms with Crippen molar-refractivity contribution in [3.8, 4) is 0 Å². The van der Waals surface area contributed by atoms with Crippen LogP contribution in [0.1, 0.15) is 86.0 Å². The molecule has 2 aliphatic carbocycles. The number of esters is 2. The van der Waals surface area contributed by atoms with E-state index in [0.717, 1.165) is 55.2 Å². The van der Waals surface area contributed by atoms with Gasteiger partial charge < -0.3 is 9.47 Å². The average Bonchev–Trinajstić information content (AvgIpc) is 2.89. The molecule has 2 saturated carbocycles. The van der Waals surface area contributed by atoms with E-state index in [9.17, 15) is 9.59 Å². The Morgan fingerprint density at radius 3 is 1.64 bits per heavy atom. The van der Waals surface area contributed by atoms with E-state index in [1.807, 2.05) is 6.08 Å². The molecule has 0 aliphatic heterocycles. The normalized spacial score (nSPS) is 30.5. The van der Waals surface area contributed by atoms with Crippen LogP contribution in [-0.2, 0) is 19.1 Å². The number of hydrogen-bond acceptors (Lipinski definition) is 4. The molecule has 0 spiro atoms. The minimum absolute atomic E-state index is 0.0268. The molecule has 0 aromatic rings. The van der Waals surface area contributed by atoms with E-state index in [-0.39, 0.29) is 48.7 Å². The fourth-order valence-electron chi connectivity index (χ4n) is 6.44. The zero-order valence-electron chi connectivity index (χ0n) is 25.3. The van der Waals surface area contributed by atoms with Crippen molar-refractivity contribution in [1.82, 2.24) is 0 Å². The highest BCUT2D eigenvalue weighted by Gasteiger charge is 2.42. The second-order valence-corrected chi connectivity index (χ2v) is 12.8. The van der Waals surface area contributed by atoms with Gasteiger partial charge in [-0.05, 0) is 105 Å². The van der Waals surface area contributed by atoms with Gasteiger partial charge >= 0.3 is 11.9 Å². The summed E-state index contributed by atoms with van der Waals surface area (Å²) in [5.74, 6) is 0.360. The third kappa shape index (κ3) is 8.19. The topological polar surface area (TPSA) is 52.6 Å². The van der Waals surface area contributed by atoms with Gasteiger partial charge in [-0.2, -0.15) is 0 Å². The van der Waals surface area contributed by atoms with Gasteiger partial charge in [-0.25, -0.2) is 0 Å². The third-order valence-electron chi connectivity index (χ3n) is 9.84. The summed E-state index contributed by atoms with van der Waals surface area (Å²) >= 11 is 0. The molecule has 0 bridgehead atoms. The van der Waals surface area contributed by atoms with Crippen LogP contribution in [0.15, 0.2) is 73.4 Å². The first-order chi connectivity index (χ1) is 18.1. The Kier molecular flexibility index (Phi) is 11.4. The monoisotopic (exact) mass is 536 g/mol. The standard InChI is InChI=1S/C35H52O4/c1-12-34(10)17-15-28(23(2)3)19-30(34)26(8)21-38-32(36)13-14-33(37)39-22-27(9)31-20-29(24(4)5)16-18-35(31,11)25(6)7/h12,28-31H,1-2,4,6,8-9,13-22H2,3,5,7,10-11H3/t28-,29-,30+,31+,34-,35+/m1/s1. The van der Waals surface area contributed by atoms with Crippen LogP contribution < -0.4 is 0 Å². The first-order valence-corrected chi connectivity index (χ1v) is 14.4. The van der Waals surface area contributed by atoms with Crippen molar-refractivity contribution in [1.29, 1.82) is 0 Å². The molecule has 39 heavy (non-hydrogen) atoms. The lowest BCUT2D eigenvalue weighted by molar-refractivity contribution is -0.149. The van der Waals surface area contributed by atoms with Gasteiger partial charge in [0.1, 0.15) is 13.2 Å². The summed E-state index contributed by atoms with van der Waals surface area (Å²) in [6.07, 6.45) is 8.00. The Bertz CT molecular complexity index is 1020. The first-order valence-electron chi connectivity index (χ1n) is 14.4. The molecule has 4 nitrogen and oxygen atoms in total. The molecule has 0 saturated heterocycles. The van der Waals surface area contributed by atoms with Crippen LogP contribution in [0.3, 0.4) is 0 Å². The zero-order chi connectivity index (χ0) is 29.5. The second kappa shape index (κ2) is 13.6. The lowest BCUT2D eigenvalue weighted by atomic mass is 9.58. The summed E-state index contributed by atoms with van der Waals surface area (Å²) in [6, 6.07) is 0. The number of rotatable bonds is 13. The van der Waals surface area contributed by atoms with Gasteiger partial charge in [0, 0.05) is 0 Å². The van der Waals surface area contributed by atoms with Crippen molar-refractivity contribution in [2.45, 2.75) is 86.0 Å². The van der Waals surface area contributed by atoms with Gasteiger partial charge in [-0.3, -0.25) is 9.59 Å². The van der Waals surface area contributed by atoms with E-state index in [2.05, 4.69) is 74.1 Å². The van der Waals surface area contributed by atoms with Crippen molar-refractivity contribution in [3.63, 3.8) is 0 Å². The van der Waals surface area contributed by atoms with Crippen LogP contribution in [0.4, 0.5) is 0 Å². The Morgan fingerprint density at radius 2 is 1.21 bits per heavy atom. The molecule has 2 rings (SSSR count). The van der Waals surface area contributed by atoms with E-state index in [4.69, 9.17) is 9.47 Å². The molecule has 0 amide bonds. The fraction of sp³-hybridized carbons (Fsp3) is 0.600. The molecule has 4 heteroatoms. The summed E-state index contributed by atoms with van der Waals surface area (Å²) in [5.41, 5.74) is 5.11. The van der Waals surface area contributed by atoms with Crippen molar-refractivity contribution in [2.75, 3.05) is 13.2 Å². The highest BCUT2D eigenvalue weighted by atomic mass is 16.5. The molecule has 0 N–H and O–H groups in total. The van der Waals surface area contributed by atoms with Crippen molar-refractivity contribution in [2.24, 2.45) is 34.5 Å². The van der Waals surface area contributed by atoms with E-state index in [1.165, 1.54) is 11.1 Å².